The van der Waals surface area contributed by atoms with Gasteiger partial charge in [0.05, 0.1) is 13.2 Å². The third-order valence-electron chi connectivity index (χ3n) is 4.05. The second-order valence-electron chi connectivity index (χ2n) is 5.94. The molecule has 8 heteroatoms. The summed E-state index contributed by atoms with van der Waals surface area (Å²) in [6.45, 7) is 7.87. The Hall–Kier alpha value is -1.93. The van der Waals surface area contributed by atoms with Crippen molar-refractivity contribution in [1.82, 2.24) is 24.0 Å². The summed E-state index contributed by atoms with van der Waals surface area (Å²) in [5.74, 6) is 0.788. The van der Waals surface area contributed by atoms with E-state index in [9.17, 15) is 9.59 Å². The fourth-order valence-electron chi connectivity index (χ4n) is 2.93. The number of hydrogen-bond donors (Lipinski definition) is 1. The molecule has 0 aliphatic heterocycles. The lowest BCUT2D eigenvalue weighted by Crippen LogP contribution is -2.30. The third-order valence-corrected chi connectivity index (χ3v) is 4.05. The molecule has 2 aromatic heterocycles. The van der Waals surface area contributed by atoms with Gasteiger partial charge in [-0.25, -0.2) is 9.78 Å². The number of ether oxygens (including phenoxy) is 1. The van der Waals surface area contributed by atoms with Crippen molar-refractivity contribution < 1.29 is 4.74 Å². The largest absolute Gasteiger partial charge is 0.383 e. The molecule has 2 aromatic rings. The van der Waals surface area contributed by atoms with Crippen molar-refractivity contribution in [3.05, 3.63) is 26.7 Å². The Morgan fingerprint density at radius 3 is 2.46 bits per heavy atom. The zero-order chi connectivity index (χ0) is 17.7. The maximum Gasteiger partial charge on any atom is 0.329 e. The maximum atomic E-state index is 12.3. The number of aryl methyl sites for hydroxylation is 1. The summed E-state index contributed by atoms with van der Waals surface area (Å²) in [5, 5.41) is 0. The van der Waals surface area contributed by atoms with E-state index in [-0.39, 0.29) is 0 Å². The van der Waals surface area contributed by atoms with Crippen molar-refractivity contribution in [2.24, 2.45) is 7.05 Å². The SMILES string of the molecule is CCCN(CCC)Cc1nc2c(c(=O)[nH]c(=O)n2C)n1CCOC. The van der Waals surface area contributed by atoms with E-state index in [1.54, 1.807) is 14.2 Å². The van der Waals surface area contributed by atoms with Gasteiger partial charge in [-0.15, -0.1) is 0 Å². The topological polar surface area (TPSA) is 85.2 Å². The Morgan fingerprint density at radius 1 is 1.21 bits per heavy atom. The van der Waals surface area contributed by atoms with Crippen LogP contribution < -0.4 is 11.2 Å². The minimum atomic E-state index is -0.450. The Bertz CT molecular complexity index is 783. The lowest BCUT2D eigenvalue weighted by molar-refractivity contribution is 0.184. The Balaban J connectivity index is 2.55. The van der Waals surface area contributed by atoms with Gasteiger partial charge in [0.2, 0.25) is 0 Å². The molecule has 0 radical (unpaired) electrons. The van der Waals surface area contributed by atoms with Gasteiger partial charge in [-0.3, -0.25) is 19.2 Å². The highest BCUT2D eigenvalue weighted by molar-refractivity contribution is 5.70. The van der Waals surface area contributed by atoms with Crippen molar-refractivity contribution in [2.45, 2.75) is 39.8 Å². The number of aromatic amines is 1. The molecule has 2 rings (SSSR count). The predicted octanol–water partition coefficient (Wildman–Crippen LogP) is 0.692. The van der Waals surface area contributed by atoms with E-state index in [1.807, 2.05) is 4.57 Å². The summed E-state index contributed by atoms with van der Waals surface area (Å²) in [6, 6.07) is 0. The molecule has 1 N–H and O–H groups in total. The van der Waals surface area contributed by atoms with Crippen LogP contribution in [-0.2, 0) is 24.9 Å². The number of imidazole rings is 1. The van der Waals surface area contributed by atoms with Gasteiger partial charge in [0, 0.05) is 20.7 Å². The number of nitrogens with one attached hydrogen (secondary N) is 1. The molecule has 0 aliphatic rings. The summed E-state index contributed by atoms with van der Waals surface area (Å²) in [6.07, 6.45) is 2.11. The fraction of sp³-hybridized carbons (Fsp3) is 0.688. The second-order valence-corrected chi connectivity index (χ2v) is 5.94. The van der Waals surface area contributed by atoms with Crippen molar-refractivity contribution in [3.63, 3.8) is 0 Å². The van der Waals surface area contributed by atoms with Gasteiger partial charge < -0.3 is 9.30 Å². The van der Waals surface area contributed by atoms with E-state index < -0.39 is 11.2 Å². The van der Waals surface area contributed by atoms with Crippen LogP contribution in [-0.4, -0.2) is 50.8 Å². The number of nitrogens with zero attached hydrogens (tertiary/aromatic N) is 4. The molecule has 0 aromatic carbocycles. The van der Waals surface area contributed by atoms with Crippen LogP contribution in [0.3, 0.4) is 0 Å². The summed E-state index contributed by atoms with van der Waals surface area (Å²) >= 11 is 0. The van der Waals surface area contributed by atoms with E-state index in [0.717, 1.165) is 31.8 Å². The van der Waals surface area contributed by atoms with Crippen molar-refractivity contribution in [1.29, 1.82) is 0 Å². The molecule has 0 unspecified atom stereocenters. The van der Waals surface area contributed by atoms with Gasteiger partial charge in [-0.05, 0) is 25.9 Å². The number of fused-ring (bicyclic) bond motifs is 1. The van der Waals surface area contributed by atoms with Gasteiger partial charge >= 0.3 is 5.69 Å². The van der Waals surface area contributed by atoms with E-state index in [2.05, 4.69) is 28.7 Å². The summed E-state index contributed by atoms with van der Waals surface area (Å²) in [4.78, 5) is 33.4. The standard InChI is InChI=1S/C16H27N5O3/c1-5-7-20(8-6-2)11-12-17-14-13(21(12)9-10-24-4)15(22)18-16(23)19(14)3/h5-11H2,1-4H3,(H,18,22,23). The van der Waals surface area contributed by atoms with Gasteiger partial charge in [-0.2, -0.15) is 0 Å². The summed E-state index contributed by atoms with van der Waals surface area (Å²) in [5.41, 5.74) is -0.00482. The molecule has 0 aliphatic carbocycles. The molecule has 0 fully saturated rings. The number of rotatable bonds is 9. The van der Waals surface area contributed by atoms with Crippen molar-refractivity contribution in [3.8, 4) is 0 Å². The quantitative estimate of drug-likeness (QED) is 0.728. The average molecular weight is 337 g/mol. The summed E-state index contributed by atoms with van der Waals surface area (Å²) in [7, 11) is 3.24. The lowest BCUT2D eigenvalue weighted by atomic mass is 10.3. The number of H-pyrrole nitrogens is 1. The lowest BCUT2D eigenvalue weighted by Gasteiger charge is -2.21. The highest BCUT2D eigenvalue weighted by atomic mass is 16.5. The molecule has 0 saturated heterocycles. The highest BCUT2D eigenvalue weighted by Crippen LogP contribution is 2.13. The molecule has 8 nitrogen and oxygen atoms in total. The predicted molar refractivity (Wildman–Crippen MR) is 93.3 cm³/mol. The molecular weight excluding hydrogens is 310 g/mol. The van der Waals surface area contributed by atoms with Crippen LogP contribution in [0.25, 0.3) is 11.2 Å². The molecule has 0 saturated carbocycles. The van der Waals surface area contributed by atoms with Crippen molar-refractivity contribution in [2.75, 3.05) is 26.8 Å². The third kappa shape index (κ3) is 3.76. The van der Waals surface area contributed by atoms with Crippen LogP contribution in [0.15, 0.2) is 9.59 Å². The smallest absolute Gasteiger partial charge is 0.329 e. The molecule has 0 bridgehead atoms. The van der Waals surface area contributed by atoms with Crippen LogP contribution in [0.4, 0.5) is 0 Å². The summed E-state index contributed by atoms with van der Waals surface area (Å²) < 4.78 is 8.42. The number of methoxy groups -OCH3 is 1. The average Bonchev–Trinajstić information content (AvgIpc) is 2.90. The van der Waals surface area contributed by atoms with Crippen molar-refractivity contribution >= 4 is 11.2 Å². The second kappa shape index (κ2) is 8.25. The molecule has 0 atom stereocenters. The first-order valence-electron chi connectivity index (χ1n) is 8.43. The minimum absolute atomic E-state index is 0.402. The molecule has 134 valence electrons. The minimum Gasteiger partial charge on any atom is -0.383 e. The van der Waals surface area contributed by atoms with Gasteiger partial charge in [-0.1, -0.05) is 13.8 Å². The zero-order valence-corrected chi connectivity index (χ0v) is 15.0. The Kier molecular flexibility index (Phi) is 6.33. The van der Waals surface area contributed by atoms with Crippen LogP contribution in [0.1, 0.15) is 32.5 Å². The maximum absolute atomic E-state index is 12.3. The van der Waals surface area contributed by atoms with Crippen LogP contribution in [0.2, 0.25) is 0 Å². The monoisotopic (exact) mass is 337 g/mol. The molecule has 2 heterocycles. The molecule has 0 spiro atoms. The Morgan fingerprint density at radius 2 is 1.88 bits per heavy atom. The van der Waals surface area contributed by atoms with Gasteiger partial charge in [0.15, 0.2) is 11.2 Å². The van der Waals surface area contributed by atoms with Gasteiger partial charge in [0.25, 0.3) is 5.56 Å². The van der Waals surface area contributed by atoms with E-state index in [1.165, 1.54) is 4.57 Å². The number of hydrogen-bond acceptors (Lipinski definition) is 5. The fourth-order valence-corrected chi connectivity index (χ4v) is 2.93. The molecular formula is C16H27N5O3. The van der Waals surface area contributed by atoms with Crippen LogP contribution in [0, 0.1) is 0 Å². The molecule has 24 heavy (non-hydrogen) atoms. The Labute approximate surface area is 141 Å². The van der Waals surface area contributed by atoms with Gasteiger partial charge in [0.1, 0.15) is 5.82 Å². The van der Waals surface area contributed by atoms with E-state index >= 15 is 0 Å². The normalized spacial score (nSPS) is 11.7. The first-order chi connectivity index (χ1) is 11.5. The molecule has 0 amide bonds. The van der Waals surface area contributed by atoms with E-state index in [4.69, 9.17) is 4.74 Å². The zero-order valence-electron chi connectivity index (χ0n) is 15.0. The first-order valence-corrected chi connectivity index (χ1v) is 8.43. The van der Waals surface area contributed by atoms with Crippen LogP contribution >= 0.6 is 0 Å². The van der Waals surface area contributed by atoms with Crippen LogP contribution in [0.5, 0.6) is 0 Å². The highest BCUT2D eigenvalue weighted by Gasteiger charge is 2.18. The number of aromatic nitrogens is 4. The first kappa shape index (κ1) is 18.4. The van der Waals surface area contributed by atoms with E-state index in [0.29, 0.717) is 30.9 Å².